The van der Waals surface area contributed by atoms with Crippen molar-refractivity contribution < 1.29 is 22.2 Å². The van der Waals surface area contributed by atoms with E-state index in [1.165, 1.54) is 12.1 Å². The Morgan fingerprint density at radius 3 is 2.36 bits per heavy atom. The number of fused-ring (bicyclic) bond motifs is 3. The topological polar surface area (TPSA) is 85.3 Å². The summed E-state index contributed by atoms with van der Waals surface area (Å²) in [4.78, 5) is 15.6. The summed E-state index contributed by atoms with van der Waals surface area (Å²) in [6, 6.07) is 21.8. The number of para-hydroxylation sites is 1. The molecule has 202 valence electrons. The summed E-state index contributed by atoms with van der Waals surface area (Å²) in [5, 5.41) is 4.07. The number of rotatable bonds is 4. The van der Waals surface area contributed by atoms with E-state index >= 15 is 0 Å². The lowest BCUT2D eigenvalue weighted by Crippen LogP contribution is -2.50. The average molecular weight is 610 g/mol. The fraction of sp³-hybridized carbons (Fsp3) is 0.267. The Labute approximate surface area is 237 Å². The Kier molecular flexibility index (Phi) is 6.93. The van der Waals surface area contributed by atoms with E-state index in [4.69, 9.17) is 9.02 Å². The van der Waals surface area contributed by atoms with Gasteiger partial charge in [0.2, 0.25) is 0 Å². The van der Waals surface area contributed by atoms with Crippen molar-refractivity contribution in [3.63, 3.8) is 0 Å². The van der Waals surface area contributed by atoms with E-state index in [-0.39, 0.29) is 4.90 Å². The van der Waals surface area contributed by atoms with Crippen LogP contribution in [0.3, 0.4) is 0 Å². The first-order chi connectivity index (χ1) is 18.4. The molecule has 0 radical (unpaired) electrons. The summed E-state index contributed by atoms with van der Waals surface area (Å²) in [5.74, 6) is 0. The van der Waals surface area contributed by atoms with Crippen LogP contribution in [0.5, 0.6) is 0 Å². The molecule has 1 aliphatic carbocycles. The van der Waals surface area contributed by atoms with Crippen LogP contribution in [0.15, 0.2) is 93.4 Å². The standard InChI is InChI=1S/C30H29BrN2O5S/c1-20-13-15-22(16-14-20)39(35,36)38-32-21-17-18-30(24-10-6-7-11-26(24)31)25(19-21)23-9-5-8-12-27(23)33(30)28(34)37-29(2,3)4/h5-16,19H,17-18H2,1-4H3/b32-21-/t30-/m0/s1. The molecule has 0 unspecified atom stereocenters. The summed E-state index contributed by atoms with van der Waals surface area (Å²) >= 11 is 3.71. The number of nitrogens with zero attached hydrogens (tertiary/aromatic N) is 2. The Hall–Kier alpha value is -3.43. The van der Waals surface area contributed by atoms with Gasteiger partial charge in [-0.1, -0.05) is 75.2 Å². The summed E-state index contributed by atoms with van der Waals surface area (Å²) in [5.41, 5.74) is 3.06. The minimum atomic E-state index is -4.09. The molecule has 0 aromatic heterocycles. The van der Waals surface area contributed by atoms with Crippen molar-refractivity contribution in [2.45, 2.75) is 56.6 Å². The van der Waals surface area contributed by atoms with Gasteiger partial charge in [-0.2, -0.15) is 8.42 Å². The second-order valence-electron chi connectivity index (χ2n) is 10.7. The molecule has 0 saturated heterocycles. The summed E-state index contributed by atoms with van der Waals surface area (Å²) < 4.78 is 37.5. The van der Waals surface area contributed by atoms with Crippen molar-refractivity contribution in [1.82, 2.24) is 0 Å². The van der Waals surface area contributed by atoms with Crippen molar-refractivity contribution in [1.29, 1.82) is 0 Å². The SMILES string of the molecule is Cc1ccc(S(=O)(=O)O/N=C2\C=C3c4ccccc4N(C(=O)OC(C)(C)C)[C@]3(c3ccccc3Br)CC2)cc1. The van der Waals surface area contributed by atoms with Crippen LogP contribution in [0.1, 0.15) is 50.3 Å². The lowest BCUT2D eigenvalue weighted by Gasteiger charge is -2.43. The predicted molar refractivity (Wildman–Crippen MR) is 155 cm³/mol. The average Bonchev–Trinajstić information content (AvgIpc) is 3.18. The minimum absolute atomic E-state index is 0.0331. The third-order valence-corrected chi connectivity index (χ3v) is 8.59. The van der Waals surface area contributed by atoms with Gasteiger partial charge in [-0.3, -0.25) is 9.18 Å². The van der Waals surface area contributed by atoms with Gasteiger partial charge in [0.1, 0.15) is 16.0 Å². The zero-order valence-corrected chi connectivity index (χ0v) is 24.5. The number of carbonyl (C=O) groups excluding carboxylic acids is 1. The first-order valence-electron chi connectivity index (χ1n) is 12.6. The highest BCUT2D eigenvalue weighted by Gasteiger charge is 2.55. The number of halogens is 1. The number of hydrogen-bond donors (Lipinski definition) is 0. The van der Waals surface area contributed by atoms with Gasteiger partial charge in [0.15, 0.2) is 0 Å². The highest BCUT2D eigenvalue weighted by Crippen LogP contribution is 2.58. The number of amides is 1. The first-order valence-corrected chi connectivity index (χ1v) is 14.8. The van der Waals surface area contributed by atoms with Crippen LogP contribution in [0.25, 0.3) is 5.57 Å². The molecule has 1 atom stereocenters. The molecule has 0 spiro atoms. The summed E-state index contributed by atoms with van der Waals surface area (Å²) in [6.45, 7) is 7.40. The van der Waals surface area contributed by atoms with Crippen molar-refractivity contribution in [2.75, 3.05) is 4.90 Å². The highest BCUT2D eigenvalue weighted by atomic mass is 79.9. The molecule has 9 heteroatoms. The molecule has 0 fully saturated rings. The number of hydrogen-bond acceptors (Lipinski definition) is 6. The van der Waals surface area contributed by atoms with Gasteiger partial charge in [0.05, 0.1) is 11.4 Å². The first kappa shape index (κ1) is 27.1. The van der Waals surface area contributed by atoms with Crippen LogP contribution < -0.4 is 4.90 Å². The fourth-order valence-corrected chi connectivity index (χ4v) is 6.47. The zero-order valence-electron chi connectivity index (χ0n) is 22.1. The van der Waals surface area contributed by atoms with Crippen LogP contribution in [0.4, 0.5) is 10.5 Å². The van der Waals surface area contributed by atoms with Crippen LogP contribution in [-0.4, -0.2) is 25.8 Å². The normalized spacial score (nSPS) is 19.8. The maximum atomic E-state index is 13.8. The molecule has 1 aliphatic heterocycles. The van der Waals surface area contributed by atoms with Crippen LogP contribution >= 0.6 is 15.9 Å². The quantitative estimate of drug-likeness (QED) is 0.289. The Morgan fingerprint density at radius 2 is 1.67 bits per heavy atom. The van der Waals surface area contributed by atoms with E-state index in [2.05, 4.69) is 21.1 Å². The van der Waals surface area contributed by atoms with E-state index < -0.39 is 27.4 Å². The van der Waals surface area contributed by atoms with E-state index in [0.717, 1.165) is 26.7 Å². The third kappa shape index (κ3) is 5.01. The highest BCUT2D eigenvalue weighted by molar-refractivity contribution is 9.10. The molecule has 39 heavy (non-hydrogen) atoms. The number of carbonyl (C=O) groups is 1. The zero-order chi connectivity index (χ0) is 28.0. The maximum Gasteiger partial charge on any atom is 0.415 e. The molecule has 5 rings (SSSR count). The van der Waals surface area contributed by atoms with E-state index in [0.29, 0.717) is 24.2 Å². The Bertz CT molecular complexity index is 1610. The van der Waals surface area contributed by atoms with Gasteiger partial charge in [-0.15, -0.1) is 0 Å². The lowest BCUT2D eigenvalue weighted by molar-refractivity contribution is 0.0550. The number of oxime groups is 1. The van der Waals surface area contributed by atoms with Crippen molar-refractivity contribution in [3.05, 3.63) is 100 Å². The molecule has 3 aromatic carbocycles. The Balaban J connectivity index is 1.64. The second kappa shape index (κ2) is 9.95. The number of benzene rings is 3. The van der Waals surface area contributed by atoms with Crippen molar-refractivity contribution in [2.24, 2.45) is 5.16 Å². The second-order valence-corrected chi connectivity index (χ2v) is 13.0. The Morgan fingerprint density at radius 1 is 1.00 bits per heavy atom. The van der Waals surface area contributed by atoms with E-state index in [1.807, 2.05) is 82.3 Å². The predicted octanol–water partition coefficient (Wildman–Crippen LogP) is 7.35. The molecule has 7 nitrogen and oxygen atoms in total. The van der Waals surface area contributed by atoms with Crippen LogP contribution in [-0.2, 0) is 24.7 Å². The maximum absolute atomic E-state index is 13.8. The molecule has 1 amide bonds. The molecule has 0 N–H and O–H groups in total. The molecular formula is C30H29BrN2O5S. The van der Waals surface area contributed by atoms with Gasteiger partial charge in [0.25, 0.3) is 0 Å². The van der Waals surface area contributed by atoms with Gasteiger partial charge >= 0.3 is 16.2 Å². The summed E-state index contributed by atoms with van der Waals surface area (Å²) in [6.07, 6.45) is 2.16. The molecule has 3 aromatic rings. The molecular weight excluding hydrogens is 580 g/mol. The number of aryl methyl sites for hydroxylation is 1. The van der Waals surface area contributed by atoms with E-state index in [1.54, 1.807) is 17.0 Å². The van der Waals surface area contributed by atoms with Gasteiger partial charge in [0, 0.05) is 10.0 Å². The van der Waals surface area contributed by atoms with Crippen LogP contribution in [0, 0.1) is 6.92 Å². The van der Waals surface area contributed by atoms with E-state index in [9.17, 15) is 13.2 Å². The largest absolute Gasteiger partial charge is 0.443 e. The van der Waals surface area contributed by atoms with Gasteiger partial charge < -0.3 is 4.74 Å². The van der Waals surface area contributed by atoms with Gasteiger partial charge in [-0.05, 0) is 82.0 Å². The molecule has 0 saturated carbocycles. The number of ether oxygens (including phenoxy) is 1. The fourth-order valence-electron chi connectivity index (χ4n) is 5.11. The lowest BCUT2D eigenvalue weighted by atomic mass is 9.74. The van der Waals surface area contributed by atoms with Gasteiger partial charge in [-0.25, -0.2) is 4.79 Å². The third-order valence-electron chi connectivity index (χ3n) is 6.77. The molecule has 0 bridgehead atoms. The van der Waals surface area contributed by atoms with Crippen LogP contribution in [0.2, 0.25) is 0 Å². The van der Waals surface area contributed by atoms with Crippen molar-refractivity contribution in [3.8, 4) is 0 Å². The monoisotopic (exact) mass is 608 g/mol. The summed E-state index contributed by atoms with van der Waals surface area (Å²) in [7, 11) is -4.09. The number of anilines is 1. The molecule has 1 heterocycles. The minimum Gasteiger partial charge on any atom is -0.443 e. The smallest absolute Gasteiger partial charge is 0.415 e. The van der Waals surface area contributed by atoms with Crippen molar-refractivity contribution >= 4 is 49.1 Å². The molecule has 2 aliphatic rings. The number of allylic oxidation sites excluding steroid dienone is 1.